The van der Waals surface area contributed by atoms with Crippen LogP contribution in [-0.4, -0.2) is 31.5 Å². The van der Waals surface area contributed by atoms with E-state index >= 15 is 0 Å². The normalized spacial score (nSPS) is 24.4. The highest BCUT2D eigenvalue weighted by Crippen LogP contribution is 1.98. The molecule has 0 aromatic heterocycles. The van der Waals surface area contributed by atoms with Crippen LogP contribution >= 0.6 is 0 Å². The largest absolute Gasteiger partial charge is 0.357 e. The van der Waals surface area contributed by atoms with E-state index < -0.39 is 0 Å². The molecule has 1 heterocycles. The fraction of sp³-hybridized carbons (Fsp3) is 0.571. The van der Waals surface area contributed by atoms with E-state index in [4.69, 9.17) is 0 Å². The zero-order valence-corrected chi connectivity index (χ0v) is 6.63. The molecule has 0 amide bonds. The first-order chi connectivity index (χ1) is 4.70. The van der Waals surface area contributed by atoms with Gasteiger partial charge < -0.3 is 5.32 Å². The molecule has 0 saturated carbocycles. The Morgan fingerprint density at radius 2 is 2.30 bits per heavy atom. The van der Waals surface area contributed by atoms with Gasteiger partial charge in [0.1, 0.15) is 0 Å². The van der Waals surface area contributed by atoms with E-state index in [1.165, 1.54) is 0 Å². The zero-order valence-electron chi connectivity index (χ0n) is 6.63. The predicted molar refractivity (Wildman–Crippen MR) is 42.9 cm³/mol. The Morgan fingerprint density at radius 1 is 1.60 bits per heavy atom. The minimum absolute atomic E-state index is 0.115. The van der Waals surface area contributed by atoms with Crippen molar-refractivity contribution in [3.8, 4) is 0 Å². The first-order valence-electron chi connectivity index (χ1n) is 3.32. The van der Waals surface area contributed by atoms with Crippen molar-refractivity contribution in [3.63, 3.8) is 0 Å². The Bertz CT molecular complexity index is 170. The summed E-state index contributed by atoms with van der Waals surface area (Å²) in [7, 11) is 3.98. The second-order valence-corrected chi connectivity index (χ2v) is 2.67. The molecule has 0 fully saturated rings. The summed E-state index contributed by atoms with van der Waals surface area (Å²) in [5.41, 5.74) is 1.16. The van der Waals surface area contributed by atoms with Crippen molar-refractivity contribution in [2.45, 2.75) is 13.2 Å². The molecule has 3 nitrogen and oxygen atoms in total. The van der Waals surface area contributed by atoms with Gasteiger partial charge in [0, 0.05) is 12.4 Å². The Morgan fingerprint density at radius 3 is 2.70 bits per heavy atom. The van der Waals surface area contributed by atoms with Crippen molar-refractivity contribution in [1.82, 2.24) is 10.2 Å². The lowest BCUT2D eigenvalue weighted by Crippen LogP contribution is -2.38. The van der Waals surface area contributed by atoms with Crippen molar-refractivity contribution < 1.29 is 0 Å². The molecule has 0 aromatic rings. The topological polar surface area (TPSA) is 27.6 Å². The number of aliphatic imine (C=N–C) groups is 1. The second kappa shape index (κ2) is 2.84. The minimum atomic E-state index is 0.115. The Hall–Kier alpha value is -0.830. The van der Waals surface area contributed by atoms with Crippen molar-refractivity contribution in [3.05, 3.63) is 11.8 Å². The molecule has 1 aliphatic heterocycles. The summed E-state index contributed by atoms with van der Waals surface area (Å²) < 4.78 is 0. The maximum Gasteiger partial charge on any atom is 0.175 e. The molecule has 1 aliphatic rings. The van der Waals surface area contributed by atoms with E-state index in [-0.39, 0.29) is 6.29 Å². The summed E-state index contributed by atoms with van der Waals surface area (Å²) in [6, 6.07) is 0. The Kier molecular flexibility index (Phi) is 2.06. The summed E-state index contributed by atoms with van der Waals surface area (Å²) in [4.78, 5) is 6.24. The molecule has 0 bridgehead atoms. The third-order valence-electron chi connectivity index (χ3n) is 1.37. The predicted octanol–water partition coefficient (Wildman–Crippen LogP) is 0.409. The average molecular weight is 139 g/mol. The smallest absolute Gasteiger partial charge is 0.175 e. The minimum Gasteiger partial charge on any atom is -0.357 e. The van der Waals surface area contributed by atoms with Gasteiger partial charge in [-0.25, -0.2) is 0 Å². The van der Waals surface area contributed by atoms with Crippen molar-refractivity contribution in [2.24, 2.45) is 4.99 Å². The van der Waals surface area contributed by atoms with Gasteiger partial charge >= 0.3 is 0 Å². The molecule has 0 aromatic carbocycles. The van der Waals surface area contributed by atoms with Gasteiger partial charge in [-0.15, -0.1) is 0 Å². The fourth-order valence-corrected chi connectivity index (χ4v) is 0.757. The number of hydrogen-bond acceptors (Lipinski definition) is 3. The number of hydrogen-bond donors (Lipinski definition) is 1. The van der Waals surface area contributed by atoms with E-state index in [2.05, 4.69) is 10.3 Å². The molecule has 1 atom stereocenters. The quantitative estimate of drug-likeness (QED) is 0.569. The van der Waals surface area contributed by atoms with Crippen LogP contribution in [0.1, 0.15) is 6.92 Å². The van der Waals surface area contributed by atoms with Gasteiger partial charge in [0.25, 0.3) is 0 Å². The zero-order chi connectivity index (χ0) is 7.56. The summed E-state index contributed by atoms with van der Waals surface area (Å²) in [6.45, 7) is 2.02. The van der Waals surface area contributed by atoms with Gasteiger partial charge in [0.2, 0.25) is 0 Å². The lowest BCUT2D eigenvalue weighted by molar-refractivity contribution is 0.276. The van der Waals surface area contributed by atoms with Crippen molar-refractivity contribution in [1.29, 1.82) is 0 Å². The third-order valence-corrected chi connectivity index (χ3v) is 1.37. The highest BCUT2D eigenvalue weighted by atomic mass is 15.3. The van der Waals surface area contributed by atoms with E-state index in [9.17, 15) is 0 Å². The molecule has 1 rings (SSSR count). The molecule has 0 radical (unpaired) electrons. The number of rotatable bonds is 1. The molecule has 56 valence electrons. The molecule has 0 saturated heterocycles. The summed E-state index contributed by atoms with van der Waals surface area (Å²) >= 11 is 0. The molecule has 1 N–H and O–H groups in total. The SMILES string of the molecule is CC1=CNC(N(C)C)N=C1. The maximum atomic E-state index is 4.23. The maximum absolute atomic E-state index is 4.23. The summed E-state index contributed by atoms with van der Waals surface area (Å²) in [5, 5.41) is 3.13. The van der Waals surface area contributed by atoms with Crippen LogP contribution in [0.3, 0.4) is 0 Å². The van der Waals surface area contributed by atoms with Crippen LogP contribution in [0.4, 0.5) is 0 Å². The molecule has 3 heteroatoms. The van der Waals surface area contributed by atoms with E-state index in [1.54, 1.807) is 0 Å². The average Bonchev–Trinajstić information content (AvgIpc) is 1.88. The highest BCUT2D eigenvalue weighted by Gasteiger charge is 2.07. The second-order valence-electron chi connectivity index (χ2n) is 2.67. The first kappa shape index (κ1) is 7.28. The van der Waals surface area contributed by atoms with Gasteiger partial charge in [0.15, 0.2) is 6.29 Å². The van der Waals surface area contributed by atoms with E-state index in [1.807, 2.05) is 38.3 Å². The van der Waals surface area contributed by atoms with Crippen LogP contribution < -0.4 is 5.32 Å². The monoisotopic (exact) mass is 139 g/mol. The van der Waals surface area contributed by atoms with Crippen molar-refractivity contribution >= 4 is 6.21 Å². The van der Waals surface area contributed by atoms with Crippen molar-refractivity contribution in [2.75, 3.05) is 14.1 Å². The number of nitrogens with zero attached hydrogens (tertiary/aromatic N) is 2. The van der Waals surface area contributed by atoms with Gasteiger partial charge in [-0.05, 0) is 26.6 Å². The van der Waals surface area contributed by atoms with Crippen LogP contribution in [0, 0.1) is 0 Å². The van der Waals surface area contributed by atoms with E-state index in [0.717, 1.165) is 5.57 Å². The van der Waals surface area contributed by atoms with Crippen LogP contribution in [0.15, 0.2) is 16.8 Å². The van der Waals surface area contributed by atoms with Crippen LogP contribution in [0.5, 0.6) is 0 Å². The van der Waals surface area contributed by atoms with Crippen LogP contribution in [0.2, 0.25) is 0 Å². The summed E-state index contributed by atoms with van der Waals surface area (Å²) in [6.07, 6.45) is 3.96. The highest BCUT2D eigenvalue weighted by molar-refractivity contribution is 5.78. The number of allylic oxidation sites excluding steroid dienone is 1. The molecule has 10 heavy (non-hydrogen) atoms. The first-order valence-corrected chi connectivity index (χ1v) is 3.32. The molecular weight excluding hydrogens is 126 g/mol. The van der Waals surface area contributed by atoms with Gasteiger partial charge in [-0.1, -0.05) is 0 Å². The Balaban J connectivity index is 2.52. The van der Waals surface area contributed by atoms with E-state index in [0.29, 0.717) is 0 Å². The number of nitrogens with one attached hydrogen (secondary N) is 1. The molecule has 0 spiro atoms. The molecule has 1 unspecified atom stereocenters. The van der Waals surface area contributed by atoms with Crippen LogP contribution in [0.25, 0.3) is 0 Å². The molecular formula is C7H13N3. The van der Waals surface area contributed by atoms with Gasteiger partial charge in [-0.3, -0.25) is 9.89 Å². The van der Waals surface area contributed by atoms with Gasteiger partial charge in [-0.2, -0.15) is 0 Å². The fourth-order valence-electron chi connectivity index (χ4n) is 0.757. The lowest BCUT2D eigenvalue weighted by atomic mass is 10.3. The Labute approximate surface area is 61.4 Å². The van der Waals surface area contributed by atoms with Crippen LogP contribution in [-0.2, 0) is 0 Å². The van der Waals surface area contributed by atoms with Gasteiger partial charge in [0.05, 0.1) is 0 Å². The molecule has 0 aliphatic carbocycles. The lowest BCUT2D eigenvalue weighted by Gasteiger charge is -2.22. The summed E-state index contributed by atoms with van der Waals surface area (Å²) in [5.74, 6) is 0. The third kappa shape index (κ3) is 1.57. The standard InChI is InChI=1S/C7H13N3/c1-6-4-8-7(9-5-6)10(2)3/h4-5,7-8H,1-3H3.